The number of nitrogens with one attached hydrogen (secondary N) is 1. The summed E-state index contributed by atoms with van der Waals surface area (Å²) in [5.74, 6) is 0.326. The largest absolute Gasteiger partial charge is 0.480 e. The fraction of sp³-hybridized carbons (Fsp3) is 0.333. The number of rotatable bonds is 6. The number of pyridine rings is 1. The quantitative estimate of drug-likeness (QED) is 0.687. The minimum atomic E-state index is -0.204. The summed E-state index contributed by atoms with van der Waals surface area (Å²) in [6, 6.07) is 1.83. The highest BCUT2D eigenvalue weighted by Gasteiger charge is 2.33. The van der Waals surface area contributed by atoms with Crippen LogP contribution in [0.1, 0.15) is 0 Å². The number of likely N-dealkylation sites (tertiary alicyclic amines) is 1. The molecule has 2 aromatic heterocycles. The molecule has 9 heteroatoms. The molecule has 1 fully saturated rings. The molecular formula is C18H22N6O3. The fourth-order valence-electron chi connectivity index (χ4n) is 2.82. The molecule has 9 nitrogen and oxygen atoms in total. The molecular weight excluding hydrogens is 348 g/mol. The zero-order valence-corrected chi connectivity index (χ0v) is 15.3. The van der Waals surface area contributed by atoms with Crippen LogP contribution >= 0.6 is 0 Å². The number of H-pyrrole nitrogens is 1. The van der Waals surface area contributed by atoms with E-state index in [1.807, 2.05) is 11.9 Å². The number of anilines is 1. The number of carbonyl (C=O) groups excluding carboxylic acids is 1. The van der Waals surface area contributed by atoms with E-state index < -0.39 is 0 Å². The van der Waals surface area contributed by atoms with E-state index in [4.69, 9.17) is 10.5 Å². The molecule has 0 bridgehead atoms. The summed E-state index contributed by atoms with van der Waals surface area (Å²) in [6.07, 6.45) is 7.82. The number of aromatic amines is 1. The molecule has 1 aliphatic heterocycles. The first-order valence-electron chi connectivity index (χ1n) is 8.51. The van der Waals surface area contributed by atoms with Gasteiger partial charge in [0.05, 0.1) is 31.2 Å². The summed E-state index contributed by atoms with van der Waals surface area (Å²) in [5.41, 5.74) is 6.98. The van der Waals surface area contributed by atoms with Crippen LogP contribution in [0.4, 0.5) is 5.69 Å². The highest BCUT2D eigenvalue weighted by atomic mass is 16.5. The summed E-state index contributed by atoms with van der Waals surface area (Å²) in [5, 5.41) is 0. The summed E-state index contributed by atoms with van der Waals surface area (Å²) < 4.78 is 5.10. The second kappa shape index (κ2) is 8.00. The number of methoxy groups -OCH3 is 1. The lowest BCUT2D eigenvalue weighted by molar-refractivity contribution is -0.130. The van der Waals surface area contributed by atoms with Crippen molar-refractivity contribution in [1.82, 2.24) is 19.9 Å². The maximum Gasteiger partial charge on any atom is 0.271 e. The molecule has 0 saturated carbocycles. The molecule has 1 aliphatic rings. The minimum absolute atomic E-state index is 0.0629. The van der Waals surface area contributed by atoms with Crippen molar-refractivity contribution >= 4 is 11.6 Å². The second-order valence-corrected chi connectivity index (χ2v) is 6.20. The van der Waals surface area contributed by atoms with E-state index in [1.165, 1.54) is 19.4 Å². The SMILES string of the molecule is COc1cncc(-c2c[nH]c(=O)c(N(C)C3CN(C(=O)/C=C/CN)C3)c2)n1. The Labute approximate surface area is 156 Å². The third-order valence-electron chi connectivity index (χ3n) is 4.50. The second-order valence-electron chi connectivity index (χ2n) is 6.20. The Morgan fingerprint density at radius 2 is 2.26 bits per heavy atom. The van der Waals surface area contributed by atoms with Crippen LogP contribution in [-0.2, 0) is 4.79 Å². The van der Waals surface area contributed by atoms with E-state index >= 15 is 0 Å². The third kappa shape index (κ3) is 3.98. The van der Waals surface area contributed by atoms with Gasteiger partial charge in [-0.25, -0.2) is 4.98 Å². The number of nitrogens with zero attached hydrogens (tertiary/aromatic N) is 4. The van der Waals surface area contributed by atoms with Crippen molar-refractivity contribution in [3.63, 3.8) is 0 Å². The predicted molar refractivity (Wildman–Crippen MR) is 102 cm³/mol. The Balaban J connectivity index is 1.76. The smallest absolute Gasteiger partial charge is 0.271 e. The lowest BCUT2D eigenvalue weighted by atomic mass is 10.1. The summed E-state index contributed by atoms with van der Waals surface area (Å²) >= 11 is 0. The first kappa shape index (κ1) is 18.6. The normalized spacial score (nSPS) is 14.3. The van der Waals surface area contributed by atoms with Gasteiger partial charge in [0.2, 0.25) is 11.8 Å². The zero-order chi connectivity index (χ0) is 19.4. The van der Waals surface area contributed by atoms with Crippen molar-refractivity contribution in [1.29, 1.82) is 0 Å². The fourth-order valence-corrected chi connectivity index (χ4v) is 2.82. The highest BCUT2D eigenvalue weighted by Crippen LogP contribution is 2.23. The van der Waals surface area contributed by atoms with Crippen LogP contribution < -0.4 is 20.9 Å². The van der Waals surface area contributed by atoms with Gasteiger partial charge in [-0.2, -0.15) is 0 Å². The minimum Gasteiger partial charge on any atom is -0.480 e. The molecule has 142 valence electrons. The molecule has 3 rings (SSSR count). The van der Waals surface area contributed by atoms with Gasteiger partial charge >= 0.3 is 0 Å². The molecule has 1 amide bonds. The number of amides is 1. The molecule has 27 heavy (non-hydrogen) atoms. The van der Waals surface area contributed by atoms with E-state index in [2.05, 4.69) is 15.0 Å². The van der Waals surface area contributed by atoms with Crippen molar-refractivity contribution in [2.45, 2.75) is 6.04 Å². The molecule has 0 unspecified atom stereocenters. The van der Waals surface area contributed by atoms with E-state index in [1.54, 1.807) is 29.4 Å². The Morgan fingerprint density at radius 3 is 2.96 bits per heavy atom. The monoisotopic (exact) mass is 370 g/mol. The van der Waals surface area contributed by atoms with Crippen molar-refractivity contribution in [2.75, 3.05) is 38.7 Å². The molecule has 0 atom stereocenters. The Kier molecular flexibility index (Phi) is 5.51. The number of nitrogens with two attached hydrogens (primary N) is 1. The van der Waals surface area contributed by atoms with Crippen molar-refractivity contribution in [3.05, 3.63) is 47.2 Å². The van der Waals surface area contributed by atoms with Crippen LogP contribution in [0, 0.1) is 0 Å². The molecule has 0 radical (unpaired) electrons. The van der Waals surface area contributed by atoms with Gasteiger partial charge in [-0.15, -0.1) is 0 Å². The molecule has 0 aromatic carbocycles. The van der Waals surface area contributed by atoms with Gasteiger partial charge in [0.15, 0.2) is 0 Å². The van der Waals surface area contributed by atoms with Gasteiger partial charge in [0.1, 0.15) is 5.69 Å². The van der Waals surface area contributed by atoms with Gasteiger partial charge < -0.3 is 25.3 Å². The summed E-state index contributed by atoms with van der Waals surface area (Å²) in [4.78, 5) is 39.0. The van der Waals surface area contributed by atoms with E-state index in [0.29, 0.717) is 36.9 Å². The van der Waals surface area contributed by atoms with Crippen LogP contribution in [0.25, 0.3) is 11.3 Å². The molecule has 1 saturated heterocycles. The van der Waals surface area contributed by atoms with Crippen molar-refractivity contribution < 1.29 is 9.53 Å². The van der Waals surface area contributed by atoms with Gasteiger partial charge in [-0.3, -0.25) is 14.6 Å². The lowest BCUT2D eigenvalue weighted by Gasteiger charge is -2.44. The number of hydrogen-bond donors (Lipinski definition) is 2. The first-order valence-corrected chi connectivity index (χ1v) is 8.51. The number of aromatic nitrogens is 3. The number of hydrogen-bond acceptors (Lipinski definition) is 7. The third-order valence-corrected chi connectivity index (χ3v) is 4.50. The highest BCUT2D eigenvalue weighted by molar-refractivity contribution is 5.88. The van der Waals surface area contributed by atoms with Gasteiger partial charge in [0.25, 0.3) is 5.56 Å². The van der Waals surface area contributed by atoms with Gasteiger partial charge in [-0.1, -0.05) is 6.08 Å². The van der Waals surface area contributed by atoms with Crippen LogP contribution in [0.5, 0.6) is 5.88 Å². The number of carbonyl (C=O) groups is 1. The van der Waals surface area contributed by atoms with Crippen LogP contribution in [-0.4, -0.2) is 65.6 Å². The topological polar surface area (TPSA) is 117 Å². The summed E-state index contributed by atoms with van der Waals surface area (Å²) in [7, 11) is 3.36. The molecule has 0 spiro atoms. The van der Waals surface area contributed by atoms with Gasteiger partial charge in [-0.05, 0) is 6.07 Å². The molecule has 0 aliphatic carbocycles. The molecule has 3 heterocycles. The van der Waals surface area contributed by atoms with Crippen LogP contribution in [0.15, 0.2) is 41.6 Å². The standard InChI is InChI=1S/C18H22N6O3/c1-23(13-10-24(11-13)17(25)4-3-5-19)15-6-12(7-21-18(15)26)14-8-20-9-16(22-14)27-2/h3-4,6-9,13H,5,10-11,19H2,1-2H3,(H,21,26)/b4-3+. The maximum absolute atomic E-state index is 12.3. The average Bonchev–Trinajstić information content (AvgIpc) is 2.65. The molecule has 2 aromatic rings. The lowest BCUT2D eigenvalue weighted by Crippen LogP contribution is -2.60. The van der Waals surface area contributed by atoms with Crippen molar-refractivity contribution in [3.8, 4) is 17.1 Å². The number of likely N-dealkylation sites (N-methyl/N-ethyl adjacent to an activating group) is 1. The van der Waals surface area contributed by atoms with Crippen LogP contribution in [0.3, 0.4) is 0 Å². The first-order chi connectivity index (χ1) is 13.0. The molecule has 3 N–H and O–H groups in total. The average molecular weight is 370 g/mol. The van der Waals surface area contributed by atoms with E-state index in [-0.39, 0.29) is 17.5 Å². The van der Waals surface area contributed by atoms with Gasteiger partial charge in [0, 0.05) is 44.5 Å². The zero-order valence-electron chi connectivity index (χ0n) is 15.3. The Hall–Kier alpha value is -3.20. The van der Waals surface area contributed by atoms with Crippen LogP contribution in [0.2, 0.25) is 0 Å². The maximum atomic E-state index is 12.3. The Bertz CT molecular complexity index is 904. The number of ether oxygens (including phenoxy) is 1. The van der Waals surface area contributed by atoms with E-state index in [9.17, 15) is 9.59 Å². The predicted octanol–water partition coefficient (Wildman–Crippen LogP) is 0.00240. The Morgan fingerprint density at radius 1 is 1.48 bits per heavy atom. The summed E-state index contributed by atoms with van der Waals surface area (Å²) in [6.45, 7) is 1.43. The van der Waals surface area contributed by atoms with E-state index in [0.717, 1.165) is 5.56 Å². The van der Waals surface area contributed by atoms with Crippen molar-refractivity contribution in [2.24, 2.45) is 5.73 Å².